The molecule has 2 aliphatic rings. The van der Waals surface area contributed by atoms with Crippen molar-refractivity contribution in [2.75, 3.05) is 13.7 Å². The summed E-state index contributed by atoms with van der Waals surface area (Å²) in [5, 5.41) is 13.8. The normalized spacial score (nSPS) is 24.3. The Labute approximate surface area is 125 Å². The molecule has 2 N–H and O–H groups in total. The molecule has 0 bridgehead atoms. The van der Waals surface area contributed by atoms with E-state index in [-0.39, 0.29) is 5.91 Å². The van der Waals surface area contributed by atoms with E-state index in [1.165, 1.54) is 12.8 Å². The van der Waals surface area contributed by atoms with E-state index in [9.17, 15) is 9.90 Å². The summed E-state index contributed by atoms with van der Waals surface area (Å²) < 4.78 is 5.25. The van der Waals surface area contributed by atoms with Crippen LogP contribution in [0.1, 0.15) is 43.2 Å². The van der Waals surface area contributed by atoms with Gasteiger partial charge >= 0.3 is 0 Å². The molecule has 1 saturated carbocycles. The Morgan fingerprint density at radius 1 is 1.48 bits per heavy atom. The van der Waals surface area contributed by atoms with E-state index in [1.807, 2.05) is 18.2 Å². The first-order chi connectivity index (χ1) is 10.1. The molecule has 4 nitrogen and oxygen atoms in total. The zero-order valence-electron chi connectivity index (χ0n) is 12.5. The van der Waals surface area contributed by atoms with Gasteiger partial charge in [0, 0.05) is 6.42 Å². The van der Waals surface area contributed by atoms with Gasteiger partial charge in [0.2, 0.25) is 5.91 Å². The third kappa shape index (κ3) is 3.21. The van der Waals surface area contributed by atoms with Crippen molar-refractivity contribution in [3.63, 3.8) is 0 Å². The summed E-state index contributed by atoms with van der Waals surface area (Å²) in [6.45, 7) is 0.303. The number of aryl methyl sites for hydroxylation is 1. The molecule has 0 radical (unpaired) electrons. The van der Waals surface area contributed by atoms with Crippen LogP contribution < -0.4 is 10.1 Å². The Bertz CT molecular complexity index is 539. The molecule has 114 valence electrons. The van der Waals surface area contributed by atoms with Crippen LogP contribution in [0.5, 0.6) is 5.75 Å². The van der Waals surface area contributed by atoms with Gasteiger partial charge in [-0.05, 0) is 61.3 Å². The number of hydrogen-bond donors (Lipinski definition) is 2. The molecule has 1 fully saturated rings. The number of methoxy groups -OCH3 is 1. The Hall–Kier alpha value is -1.55. The van der Waals surface area contributed by atoms with Gasteiger partial charge in [0.15, 0.2) is 0 Å². The Kier molecular flexibility index (Phi) is 3.89. The number of benzene rings is 1. The van der Waals surface area contributed by atoms with E-state index in [1.54, 1.807) is 7.11 Å². The number of aliphatic hydroxyl groups is 1. The molecule has 0 aromatic heterocycles. The lowest BCUT2D eigenvalue weighted by Gasteiger charge is -2.35. The van der Waals surface area contributed by atoms with Gasteiger partial charge in [-0.3, -0.25) is 4.79 Å². The van der Waals surface area contributed by atoms with Crippen molar-refractivity contribution in [3.05, 3.63) is 29.3 Å². The number of carbonyl (C=O) groups excluding carboxylic acids is 1. The van der Waals surface area contributed by atoms with Crippen LogP contribution in [-0.2, 0) is 16.8 Å². The lowest BCUT2D eigenvalue weighted by atomic mass is 9.79. The van der Waals surface area contributed by atoms with Crippen molar-refractivity contribution >= 4 is 5.91 Å². The maximum Gasteiger partial charge on any atom is 0.220 e. The largest absolute Gasteiger partial charge is 0.497 e. The standard InChI is InChI=1S/C17H23NO3/c1-21-14-6-7-15-13(10-14)3-2-8-17(15,20)11-18-16(19)9-12-4-5-12/h6-7,10,12,20H,2-5,8-9,11H2,1H3,(H,18,19)/t17-/m0/s1. The van der Waals surface area contributed by atoms with E-state index in [2.05, 4.69) is 5.32 Å². The number of nitrogens with one attached hydrogen (secondary N) is 1. The van der Waals surface area contributed by atoms with Gasteiger partial charge in [0.05, 0.1) is 13.7 Å². The molecule has 1 aromatic rings. The van der Waals surface area contributed by atoms with Gasteiger partial charge in [-0.2, -0.15) is 0 Å². The third-order valence-electron chi connectivity index (χ3n) is 4.60. The molecule has 1 aromatic carbocycles. The topological polar surface area (TPSA) is 58.6 Å². The van der Waals surface area contributed by atoms with Gasteiger partial charge in [-0.25, -0.2) is 0 Å². The van der Waals surface area contributed by atoms with Crippen LogP contribution in [0.25, 0.3) is 0 Å². The van der Waals surface area contributed by atoms with Crippen LogP contribution in [0, 0.1) is 5.92 Å². The Morgan fingerprint density at radius 3 is 3.00 bits per heavy atom. The summed E-state index contributed by atoms with van der Waals surface area (Å²) in [5.74, 6) is 1.45. The molecule has 0 spiro atoms. The van der Waals surface area contributed by atoms with Crippen LogP contribution in [0.2, 0.25) is 0 Å². The molecule has 0 saturated heterocycles. The van der Waals surface area contributed by atoms with Gasteiger partial charge in [-0.15, -0.1) is 0 Å². The molecule has 0 aliphatic heterocycles. The average Bonchev–Trinajstić information content (AvgIpc) is 3.29. The van der Waals surface area contributed by atoms with Gasteiger partial charge in [0.1, 0.15) is 11.4 Å². The fraction of sp³-hybridized carbons (Fsp3) is 0.588. The van der Waals surface area contributed by atoms with Gasteiger partial charge in [-0.1, -0.05) is 6.07 Å². The summed E-state index contributed by atoms with van der Waals surface area (Å²) in [7, 11) is 1.65. The van der Waals surface area contributed by atoms with E-state index in [4.69, 9.17) is 4.74 Å². The SMILES string of the molecule is COc1ccc2c(c1)CCC[C@]2(O)CNC(=O)CC1CC1. The molecule has 21 heavy (non-hydrogen) atoms. The Balaban J connectivity index is 1.70. The van der Waals surface area contributed by atoms with Crippen LogP contribution in [0.3, 0.4) is 0 Å². The third-order valence-corrected chi connectivity index (χ3v) is 4.60. The van der Waals surface area contributed by atoms with E-state index >= 15 is 0 Å². The molecule has 3 rings (SSSR count). The van der Waals surface area contributed by atoms with Crippen LogP contribution in [0.4, 0.5) is 0 Å². The molecule has 1 atom stereocenters. The molecule has 1 amide bonds. The number of rotatable bonds is 5. The zero-order valence-corrected chi connectivity index (χ0v) is 12.5. The van der Waals surface area contributed by atoms with Crippen LogP contribution in [-0.4, -0.2) is 24.7 Å². The highest BCUT2D eigenvalue weighted by molar-refractivity contribution is 5.76. The maximum absolute atomic E-state index is 11.8. The second kappa shape index (κ2) is 5.68. The number of hydrogen-bond acceptors (Lipinski definition) is 3. The van der Waals surface area contributed by atoms with Crippen LogP contribution >= 0.6 is 0 Å². The first-order valence-corrected chi connectivity index (χ1v) is 7.77. The first-order valence-electron chi connectivity index (χ1n) is 7.77. The summed E-state index contributed by atoms with van der Waals surface area (Å²) in [6, 6.07) is 5.80. The fourth-order valence-electron chi connectivity index (χ4n) is 3.15. The summed E-state index contributed by atoms with van der Waals surface area (Å²) in [5.41, 5.74) is 1.11. The van der Waals surface area contributed by atoms with Crippen molar-refractivity contribution in [1.29, 1.82) is 0 Å². The first kappa shape index (κ1) is 14.4. The van der Waals surface area contributed by atoms with E-state index in [0.29, 0.717) is 25.3 Å². The number of ether oxygens (including phenoxy) is 1. The summed E-state index contributed by atoms with van der Waals surface area (Å²) in [4.78, 5) is 11.8. The quantitative estimate of drug-likeness (QED) is 0.873. The number of amides is 1. The lowest BCUT2D eigenvalue weighted by molar-refractivity contribution is -0.123. The van der Waals surface area contributed by atoms with Gasteiger partial charge < -0.3 is 15.2 Å². The minimum Gasteiger partial charge on any atom is -0.497 e. The molecule has 0 unspecified atom stereocenters. The van der Waals surface area contributed by atoms with Crippen molar-refractivity contribution < 1.29 is 14.6 Å². The number of carbonyl (C=O) groups is 1. The zero-order chi connectivity index (χ0) is 14.9. The second-order valence-electron chi connectivity index (χ2n) is 6.33. The molecular weight excluding hydrogens is 266 g/mol. The summed E-state index contributed by atoms with van der Waals surface area (Å²) >= 11 is 0. The molecule has 0 heterocycles. The van der Waals surface area contributed by atoms with E-state index < -0.39 is 5.60 Å². The van der Waals surface area contributed by atoms with Crippen molar-refractivity contribution in [3.8, 4) is 5.75 Å². The maximum atomic E-state index is 11.8. The minimum absolute atomic E-state index is 0.0616. The fourth-order valence-corrected chi connectivity index (χ4v) is 3.15. The molecular formula is C17H23NO3. The van der Waals surface area contributed by atoms with Crippen molar-refractivity contribution in [2.45, 2.75) is 44.1 Å². The second-order valence-corrected chi connectivity index (χ2v) is 6.33. The smallest absolute Gasteiger partial charge is 0.220 e. The minimum atomic E-state index is -0.945. The Morgan fingerprint density at radius 2 is 2.29 bits per heavy atom. The lowest BCUT2D eigenvalue weighted by Crippen LogP contribution is -2.43. The highest BCUT2D eigenvalue weighted by atomic mass is 16.5. The van der Waals surface area contributed by atoms with Gasteiger partial charge in [0.25, 0.3) is 0 Å². The average molecular weight is 289 g/mol. The highest BCUT2D eigenvalue weighted by Crippen LogP contribution is 2.37. The van der Waals surface area contributed by atoms with E-state index in [0.717, 1.165) is 29.7 Å². The highest BCUT2D eigenvalue weighted by Gasteiger charge is 2.35. The predicted octanol–water partition coefficient (Wildman–Crippen LogP) is 2.14. The number of fused-ring (bicyclic) bond motifs is 1. The van der Waals surface area contributed by atoms with Crippen LogP contribution in [0.15, 0.2) is 18.2 Å². The monoisotopic (exact) mass is 289 g/mol. The molecule has 2 aliphatic carbocycles. The predicted molar refractivity (Wildman–Crippen MR) is 80.2 cm³/mol. The molecule has 4 heteroatoms. The van der Waals surface area contributed by atoms with Crippen molar-refractivity contribution in [2.24, 2.45) is 5.92 Å². The summed E-state index contributed by atoms with van der Waals surface area (Å²) in [6.07, 6.45) is 5.50. The van der Waals surface area contributed by atoms with Crippen molar-refractivity contribution in [1.82, 2.24) is 5.32 Å².